The molecular weight excluding hydrogens is 378 g/mol. The summed E-state index contributed by atoms with van der Waals surface area (Å²) in [6, 6.07) is 12.9. The van der Waals surface area contributed by atoms with Gasteiger partial charge in [0.1, 0.15) is 0 Å². The summed E-state index contributed by atoms with van der Waals surface area (Å²) in [4.78, 5) is 18.9. The van der Waals surface area contributed by atoms with Crippen LogP contribution >= 0.6 is 0 Å². The largest absolute Gasteiger partial charge is 0.504 e. The molecule has 0 aliphatic heterocycles. The Morgan fingerprint density at radius 3 is 2.62 bits per heavy atom. The van der Waals surface area contributed by atoms with Crippen molar-refractivity contribution in [3.8, 4) is 17.6 Å². The number of pyridine rings is 1. The highest BCUT2D eigenvalue weighted by molar-refractivity contribution is 5.77. The Morgan fingerprint density at radius 1 is 1.07 bits per heavy atom. The Hall–Kier alpha value is -3.92. The first-order chi connectivity index (χ1) is 14.0. The van der Waals surface area contributed by atoms with Gasteiger partial charge in [0.05, 0.1) is 5.56 Å². The molecule has 0 fully saturated rings. The summed E-state index contributed by atoms with van der Waals surface area (Å²) in [5, 5.41) is 10.5. The number of oxazole rings is 1. The summed E-state index contributed by atoms with van der Waals surface area (Å²) in [6.07, 6.45) is 0.382. The quantitative estimate of drug-likeness (QED) is 0.522. The Bertz CT molecular complexity index is 1320. The van der Waals surface area contributed by atoms with Crippen LogP contribution in [0.3, 0.4) is 0 Å². The molecule has 0 saturated heterocycles. The van der Waals surface area contributed by atoms with Gasteiger partial charge in [-0.15, -0.1) is 0 Å². The second kappa shape index (κ2) is 7.60. The van der Waals surface area contributed by atoms with Crippen LogP contribution in [-0.2, 0) is 12.8 Å². The van der Waals surface area contributed by atoms with Gasteiger partial charge in [-0.05, 0) is 29.2 Å². The molecule has 0 aliphatic rings. The predicted octanol–water partition coefficient (Wildman–Crippen LogP) is 3.68. The van der Waals surface area contributed by atoms with Crippen LogP contribution in [0.4, 0.5) is 8.78 Å². The number of aromatic nitrogens is 2. The number of aromatic amines is 1. The third-order valence-corrected chi connectivity index (χ3v) is 4.33. The van der Waals surface area contributed by atoms with Crippen molar-refractivity contribution in [1.82, 2.24) is 9.97 Å². The first kappa shape index (κ1) is 18.4. The molecule has 0 spiro atoms. The first-order valence-corrected chi connectivity index (χ1v) is 8.72. The van der Waals surface area contributed by atoms with Crippen LogP contribution in [-0.4, -0.2) is 15.1 Å². The maximum atomic E-state index is 13.4. The van der Waals surface area contributed by atoms with E-state index in [1.807, 2.05) is 30.3 Å². The van der Waals surface area contributed by atoms with Crippen LogP contribution in [0, 0.1) is 23.5 Å². The van der Waals surface area contributed by atoms with Gasteiger partial charge in [0, 0.05) is 12.8 Å². The Kier molecular flexibility index (Phi) is 4.83. The zero-order chi connectivity index (χ0) is 20.4. The van der Waals surface area contributed by atoms with Gasteiger partial charge in [0.15, 0.2) is 23.0 Å². The van der Waals surface area contributed by atoms with Crippen LogP contribution < -0.4 is 5.56 Å². The van der Waals surface area contributed by atoms with Gasteiger partial charge >= 0.3 is 0 Å². The molecule has 0 bridgehead atoms. The van der Waals surface area contributed by atoms with Gasteiger partial charge in [0.2, 0.25) is 5.58 Å². The minimum Gasteiger partial charge on any atom is -0.504 e. The number of benzene rings is 2. The lowest BCUT2D eigenvalue weighted by atomic mass is 10.1. The lowest BCUT2D eigenvalue weighted by Gasteiger charge is -2.04. The molecule has 0 amide bonds. The van der Waals surface area contributed by atoms with Gasteiger partial charge in [-0.1, -0.05) is 42.3 Å². The Morgan fingerprint density at radius 2 is 1.86 bits per heavy atom. The molecule has 2 N–H and O–H groups in total. The van der Waals surface area contributed by atoms with Crippen LogP contribution in [0.1, 0.15) is 22.6 Å². The Labute approximate surface area is 163 Å². The zero-order valence-corrected chi connectivity index (χ0v) is 15.0. The highest BCUT2D eigenvalue weighted by Gasteiger charge is 2.18. The van der Waals surface area contributed by atoms with Crippen LogP contribution in [0.5, 0.6) is 5.75 Å². The van der Waals surface area contributed by atoms with Crippen molar-refractivity contribution in [2.24, 2.45) is 0 Å². The first-order valence-electron chi connectivity index (χ1n) is 8.72. The molecule has 0 unspecified atom stereocenters. The molecule has 4 rings (SSSR count). The highest BCUT2D eigenvalue weighted by atomic mass is 19.2. The van der Waals surface area contributed by atoms with E-state index < -0.39 is 22.9 Å². The molecule has 144 valence electrons. The fourth-order valence-electron chi connectivity index (χ4n) is 2.88. The predicted molar refractivity (Wildman–Crippen MR) is 102 cm³/mol. The van der Waals surface area contributed by atoms with Crippen molar-refractivity contribution < 1.29 is 18.3 Å². The molecule has 0 radical (unpaired) electrons. The summed E-state index contributed by atoms with van der Waals surface area (Å²) in [5.74, 6) is 3.30. The number of nitrogens with one attached hydrogen (secondary N) is 1. The van der Waals surface area contributed by atoms with Gasteiger partial charge in [-0.25, -0.2) is 8.78 Å². The van der Waals surface area contributed by atoms with Crippen molar-refractivity contribution in [2.75, 3.05) is 0 Å². The fourth-order valence-corrected chi connectivity index (χ4v) is 2.88. The SMILES string of the molecule is O=c1[nH]c2nc(C#CCc3ccccc3)oc2c(O)c1Cc1ccc(F)c(F)c1. The van der Waals surface area contributed by atoms with Gasteiger partial charge in [0.25, 0.3) is 11.4 Å². The maximum Gasteiger partial charge on any atom is 0.275 e. The normalized spacial score (nSPS) is 10.7. The molecule has 2 heterocycles. The number of hydrogen-bond donors (Lipinski definition) is 2. The van der Waals surface area contributed by atoms with Crippen LogP contribution in [0.2, 0.25) is 0 Å². The third-order valence-electron chi connectivity index (χ3n) is 4.33. The molecule has 7 heteroatoms. The number of rotatable bonds is 3. The molecular formula is C22H14F2N2O3. The van der Waals surface area contributed by atoms with Crippen LogP contribution in [0.25, 0.3) is 11.2 Å². The topological polar surface area (TPSA) is 79.1 Å². The summed E-state index contributed by atoms with van der Waals surface area (Å²) < 4.78 is 32.0. The number of aromatic hydroxyl groups is 1. The molecule has 29 heavy (non-hydrogen) atoms. The number of nitrogens with zero attached hydrogens (tertiary/aromatic N) is 1. The van der Waals surface area contributed by atoms with Crippen molar-refractivity contribution >= 4 is 11.2 Å². The van der Waals surface area contributed by atoms with Crippen LogP contribution in [0.15, 0.2) is 57.7 Å². The second-order valence-electron chi connectivity index (χ2n) is 6.37. The number of halogens is 2. The van der Waals surface area contributed by atoms with E-state index in [1.165, 1.54) is 6.07 Å². The molecule has 0 saturated carbocycles. The summed E-state index contributed by atoms with van der Waals surface area (Å²) in [5.41, 5.74) is 0.754. The number of H-pyrrole nitrogens is 1. The van der Waals surface area contributed by atoms with Crippen molar-refractivity contribution in [1.29, 1.82) is 0 Å². The fraction of sp³-hybridized carbons (Fsp3) is 0.0909. The van der Waals surface area contributed by atoms with Gasteiger partial charge in [-0.2, -0.15) is 4.98 Å². The summed E-state index contributed by atoms with van der Waals surface area (Å²) in [6.45, 7) is 0. The number of fused-ring (bicyclic) bond motifs is 1. The van der Waals surface area contributed by atoms with Gasteiger partial charge in [-0.3, -0.25) is 4.79 Å². The van der Waals surface area contributed by atoms with Crippen molar-refractivity contribution in [3.63, 3.8) is 0 Å². The third kappa shape index (κ3) is 3.87. The standard InChI is InChI=1S/C22H14F2N2O3/c23-16-10-9-14(12-17(16)24)11-15-19(27)20-21(26-22(15)28)25-18(29-20)8-4-7-13-5-2-1-3-6-13/h1-3,5-6,9-10,12H,7,11H2,(H2,26,27,28). The lowest BCUT2D eigenvalue weighted by molar-refractivity contribution is 0.456. The average molecular weight is 392 g/mol. The molecule has 4 aromatic rings. The molecule has 5 nitrogen and oxygen atoms in total. The summed E-state index contributed by atoms with van der Waals surface area (Å²) in [7, 11) is 0. The van der Waals surface area contributed by atoms with E-state index in [0.717, 1.165) is 17.7 Å². The maximum absolute atomic E-state index is 13.4. The van der Waals surface area contributed by atoms with E-state index in [-0.39, 0.29) is 29.1 Å². The molecule has 2 aromatic carbocycles. The molecule has 0 atom stereocenters. The van der Waals surface area contributed by atoms with E-state index in [0.29, 0.717) is 12.0 Å². The van der Waals surface area contributed by atoms with Crippen molar-refractivity contribution in [2.45, 2.75) is 12.8 Å². The highest BCUT2D eigenvalue weighted by Crippen LogP contribution is 2.27. The van der Waals surface area contributed by atoms with Gasteiger partial charge < -0.3 is 14.5 Å². The smallest absolute Gasteiger partial charge is 0.275 e. The van der Waals surface area contributed by atoms with E-state index in [2.05, 4.69) is 21.8 Å². The van der Waals surface area contributed by atoms with E-state index in [4.69, 9.17) is 4.42 Å². The molecule has 0 aliphatic carbocycles. The van der Waals surface area contributed by atoms with E-state index in [9.17, 15) is 18.7 Å². The lowest BCUT2D eigenvalue weighted by Crippen LogP contribution is -2.13. The average Bonchev–Trinajstić information content (AvgIpc) is 3.11. The Balaban J connectivity index is 1.65. The number of hydrogen-bond acceptors (Lipinski definition) is 4. The minimum atomic E-state index is -1.03. The monoisotopic (exact) mass is 392 g/mol. The summed E-state index contributed by atoms with van der Waals surface area (Å²) >= 11 is 0. The molecule has 2 aromatic heterocycles. The minimum absolute atomic E-state index is 0.0220. The zero-order valence-electron chi connectivity index (χ0n) is 15.0. The van der Waals surface area contributed by atoms with E-state index in [1.54, 1.807) is 0 Å². The van der Waals surface area contributed by atoms with E-state index >= 15 is 0 Å². The second-order valence-corrected chi connectivity index (χ2v) is 6.37. The van der Waals surface area contributed by atoms with Crippen molar-refractivity contribution in [3.05, 3.63) is 93.1 Å².